The quantitative estimate of drug-likeness (QED) is 0.754. The van der Waals surface area contributed by atoms with Crippen molar-refractivity contribution in [2.45, 2.75) is 6.42 Å². The number of nitriles is 1. The van der Waals surface area contributed by atoms with Crippen molar-refractivity contribution >= 4 is 21.6 Å². The van der Waals surface area contributed by atoms with Gasteiger partial charge in [-0.05, 0) is 29.2 Å². The number of hydrogen-bond acceptors (Lipinski definition) is 4. The molecular weight excluding hydrogens is 196 g/mol. The number of fused-ring (bicyclic) bond motifs is 1. The highest BCUT2D eigenvalue weighted by Gasteiger charge is 2.06. The van der Waals surface area contributed by atoms with Crippen LogP contribution in [0.25, 0.3) is 10.1 Å². The maximum Gasteiger partial charge on any atom is 0.232 e. The molecule has 0 aliphatic rings. The smallest absolute Gasteiger partial charge is 0.232 e. The second-order valence-electron chi connectivity index (χ2n) is 2.86. The summed E-state index contributed by atoms with van der Waals surface area (Å²) in [4.78, 5) is 0. The summed E-state index contributed by atoms with van der Waals surface area (Å²) in [5.74, 6) is 0.643. The Morgan fingerprint density at radius 3 is 3.14 bits per heavy atom. The minimum atomic E-state index is 0.426. The van der Waals surface area contributed by atoms with E-state index in [4.69, 9.17) is 10.00 Å². The van der Waals surface area contributed by atoms with Crippen LogP contribution in [0.4, 0.5) is 0 Å². The van der Waals surface area contributed by atoms with Gasteiger partial charge in [0.25, 0.3) is 0 Å². The van der Waals surface area contributed by atoms with Crippen molar-refractivity contribution in [2.24, 2.45) is 0 Å². The van der Waals surface area contributed by atoms with Crippen LogP contribution in [0.3, 0.4) is 0 Å². The van der Waals surface area contributed by atoms with Gasteiger partial charge in [0.05, 0.1) is 29.7 Å². The van der Waals surface area contributed by atoms with Crippen molar-refractivity contribution in [2.75, 3.05) is 7.11 Å². The van der Waals surface area contributed by atoms with Gasteiger partial charge >= 0.3 is 0 Å². The van der Waals surface area contributed by atoms with Gasteiger partial charge in [0.15, 0.2) is 0 Å². The van der Waals surface area contributed by atoms with E-state index in [1.165, 1.54) is 11.5 Å². The van der Waals surface area contributed by atoms with Crippen LogP contribution < -0.4 is 4.74 Å². The predicted molar refractivity (Wildman–Crippen MR) is 55.5 cm³/mol. The Morgan fingerprint density at radius 1 is 1.57 bits per heavy atom. The Morgan fingerprint density at radius 2 is 2.43 bits per heavy atom. The molecule has 0 amide bonds. The molecule has 0 aliphatic carbocycles. The van der Waals surface area contributed by atoms with E-state index in [9.17, 15) is 0 Å². The minimum Gasteiger partial charge on any atom is -0.480 e. The Kier molecular flexibility index (Phi) is 2.33. The third-order valence-electron chi connectivity index (χ3n) is 1.98. The predicted octanol–water partition coefficient (Wildman–Crippen LogP) is 2.37. The first-order chi connectivity index (χ1) is 6.85. The van der Waals surface area contributed by atoms with Crippen LogP contribution in [0.2, 0.25) is 0 Å². The van der Waals surface area contributed by atoms with Gasteiger partial charge in [0.1, 0.15) is 0 Å². The van der Waals surface area contributed by atoms with Gasteiger partial charge < -0.3 is 4.74 Å². The highest BCUT2D eigenvalue weighted by atomic mass is 32.1. The van der Waals surface area contributed by atoms with Gasteiger partial charge in [0, 0.05) is 0 Å². The third-order valence-corrected chi connectivity index (χ3v) is 2.79. The van der Waals surface area contributed by atoms with E-state index in [-0.39, 0.29) is 0 Å². The maximum absolute atomic E-state index is 8.57. The summed E-state index contributed by atoms with van der Waals surface area (Å²) in [6.45, 7) is 0. The SMILES string of the molecule is COc1nsc2ccc(CC#N)cc12. The molecule has 70 valence electrons. The molecule has 0 spiro atoms. The minimum absolute atomic E-state index is 0.426. The van der Waals surface area contributed by atoms with Crippen LogP contribution in [0.5, 0.6) is 5.88 Å². The standard InChI is InChI=1S/C10H8N2OS/c1-13-10-8-6-7(4-5-11)2-3-9(8)14-12-10/h2-3,6H,4H2,1H3. The molecule has 0 bridgehead atoms. The van der Waals surface area contributed by atoms with Crippen LogP contribution in [0.1, 0.15) is 5.56 Å². The molecule has 1 aromatic carbocycles. The van der Waals surface area contributed by atoms with Crippen molar-refractivity contribution in [3.05, 3.63) is 23.8 Å². The van der Waals surface area contributed by atoms with E-state index in [1.807, 2.05) is 18.2 Å². The molecule has 1 heterocycles. The van der Waals surface area contributed by atoms with E-state index in [0.717, 1.165) is 15.6 Å². The monoisotopic (exact) mass is 204 g/mol. The normalized spacial score (nSPS) is 10.0. The Hall–Kier alpha value is -1.60. The van der Waals surface area contributed by atoms with Gasteiger partial charge in [-0.25, -0.2) is 0 Å². The summed E-state index contributed by atoms with van der Waals surface area (Å²) in [6, 6.07) is 8.00. The van der Waals surface area contributed by atoms with Gasteiger partial charge in [-0.2, -0.15) is 9.64 Å². The second kappa shape index (κ2) is 3.64. The average molecular weight is 204 g/mol. The molecule has 0 saturated heterocycles. The lowest BCUT2D eigenvalue weighted by atomic mass is 10.1. The number of hydrogen-bond donors (Lipinski definition) is 0. The van der Waals surface area contributed by atoms with E-state index >= 15 is 0 Å². The Balaban J connectivity index is 2.57. The Bertz CT molecular complexity index is 498. The molecule has 0 saturated carbocycles. The topological polar surface area (TPSA) is 45.9 Å². The second-order valence-corrected chi connectivity index (χ2v) is 3.66. The molecule has 14 heavy (non-hydrogen) atoms. The molecule has 2 aromatic rings. The van der Waals surface area contributed by atoms with Gasteiger partial charge in [-0.1, -0.05) is 6.07 Å². The maximum atomic E-state index is 8.57. The molecule has 3 nitrogen and oxygen atoms in total. The third kappa shape index (κ3) is 1.42. The van der Waals surface area contributed by atoms with E-state index in [0.29, 0.717) is 12.3 Å². The first-order valence-corrected chi connectivity index (χ1v) is 4.91. The van der Waals surface area contributed by atoms with Crippen LogP contribution >= 0.6 is 11.5 Å². The van der Waals surface area contributed by atoms with E-state index in [1.54, 1.807) is 7.11 Å². The lowest BCUT2D eigenvalue weighted by Gasteiger charge is -1.96. The molecule has 0 aliphatic heterocycles. The Labute approximate surface area is 85.7 Å². The van der Waals surface area contributed by atoms with Crippen molar-refractivity contribution in [1.82, 2.24) is 4.37 Å². The van der Waals surface area contributed by atoms with Crippen LogP contribution in [-0.2, 0) is 6.42 Å². The largest absolute Gasteiger partial charge is 0.480 e. The van der Waals surface area contributed by atoms with Crippen LogP contribution in [0.15, 0.2) is 18.2 Å². The van der Waals surface area contributed by atoms with Gasteiger partial charge in [-0.15, -0.1) is 0 Å². The average Bonchev–Trinajstić information content (AvgIpc) is 2.60. The number of aromatic nitrogens is 1. The highest BCUT2D eigenvalue weighted by Crippen LogP contribution is 2.29. The molecule has 0 radical (unpaired) electrons. The van der Waals surface area contributed by atoms with Crippen molar-refractivity contribution in [1.29, 1.82) is 5.26 Å². The lowest BCUT2D eigenvalue weighted by Crippen LogP contribution is -1.84. The number of rotatable bonds is 2. The number of ether oxygens (including phenoxy) is 1. The molecule has 0 unspecified atom stereocenters. The summed E-state index contributed by atoms with van der Waals surface area (Å²) in [5.41, 5.74) is 0.999. The van der Waals surface area contributed by atoms with Crippen molar-refractivity contribution in [3.63, 3.8) is 0 Å². The summed E-state index contributed by atoms with van der Waals surface area (Å²) in [6.07, 6.45) is 0.426. The first kappa shape index (κ1) is 8.97. The first-order valence-electron chi connectivity index (χ1n) is 4.14. The van der Waals surface area contributed by atoms with Gasteiger partial charge in [0.2, 0.25) is 5.88 Å². The molecule has 1 aromatic heterocycles. The van der Waals surface area contributed by atoms with Crippen molar-refractivity contribution < 1.29 is 4.74 Å². The fourth-order valence-electron chi connectivity index (χ4n) is 1.31. The van der Waals surface area contributed by atoms with Crippen LogP contribution in [0, 0.1) is 11.3 Å². The zero-order valence-electron chi connectivity index (χ0n) is 7.65. The molecule has 4 heteroatoms. The molecule has 0 atom stereocenters. The highest BCUT2D eigenvalue weighted by molar-refractivity contribution is 7.13. The summed E-state index contributed by atoms with van der Waals surface area (Å²) in [5, 5.41) is 9.57. The lowest BCUT2D eigenvalue weighted by molar-refractivity contribution is 0.407. The summed E-state index contributed by atoms with van der Waals surface area (Å²) < 4.78 is 10.4. The fraction of sp³-hybridized carbons (Fsp3) is 0.200. The fourth-order valence-corrected chi connectivity index (χ4v) is 2.04. The summed E-state index contributed by atoms with van der Waals surface area (Å²) in [7, 11) is 1.60. The van der Waals surface area contributed by atoms with Crippen LogP contribution in [-0.4, -0.2) is 11.5 Å². The number of nitrogens with zero attached hydrogens (tertiary/aromatic N) is 2. The van der Waals surface area contributed by atoms with E-state index in [2.05, 4.69) is 10.4 Å². The van der Waals surface area contributed by atoms with Crippen molar-refractivity contribution in [3.8, 4) is 11.9 Å². The molecule has 0 N–H and O–H groups in total. The zero-order chi connectivity index (χ0) is 9.97. The molecule has 0 fully saturated rings. The zero-order valence-corrected chi connectivity index (χ0v) is 8.47. The number of benzene rings is 1. The molecule has 2 rings (SSSR count). The van der Waals surface area contributed by atoms with E-state index < -0.39 is 0 Å². The number of methoxy groups -OCH3 is 1. The summed E-state index contributed by atoms with van der Waals surface area (Å²) >= 11 is 1.41. The molecular formula is C10H8N2OS. The van der Waals surface area contributed by atoms with Gasteiger partial charge in [-0.3, -0.25) is 0 Å².